The molecule has 3 atom stereocenters. The molecule has 4 heterocycles. The molecule has 2 fully saturated rings. The maximum absolute atomic E-state index is 13.9. The molecule has 2 N–H and O–H groups in total. The van der Waals surface area contributed by atoms with E-state index in [0.29, 0.717) is 11.3 Å². The van der Waals surface area contributed by atoms with E-state index < -0.39 is 40.0 Å². The Kier molecular flexibility index (Phi) is 5.31. The van der Waals surface area contributed by atoms with Crippen LogP contribution in [-0.2, 0) is 14.6 Å². The van der Waals surface area contributed by atoms with Crippen molar-refractivity contribution in [3.8, 4) is 0 Å². The molecule has 5 rings (SSSR count). The Morgan fingerprint density at radius 3 is 2.44 bits per heavy atom. The summed E-state index contributed by atoms with van der Waals surface area (Å²) in [6.45, 7) is 1.89. The molecule has 0 spiro atoms. The number of hydrogen-bond acceptors (Lipinski definition) is 9. The Balaban J connectivity index is 1.45. The number of aromatic nitrogens is 2. The number of nitrogens with zero attached hydrogens (tertiary/aromatic N) is 4. The van der Waals surface area contributed by atoms with Crippen molar-refractivity contribution >= 4 is 27.3 Å². The van der Waals surface area contributed by atoms with Gasteiger partial charge in [-0.25, -0.2) is 18.9 Å². The molecule has 34 heavy (non-hydrogen) atoms. The van der Waals surface area contributed by atoms with Gasteiger partial charge in [0.25, 0.3) is 11.8 Å². The monoisotopic (exact) mass is 498 g/mol. The number of amides is 1. The van der Waals surface area contributed by atoms with Gasteiger partial charge in [0.2, 0.25) is 0 Å². The van der Waals surface area contributed by atoms with E-state index in [1.165, 1.54) is 0 Å². The predicted molar refractivity (Wildman–Crippen MR) is 114 cm³/mol. The highest BCUT2D eigenvalue weighted by atomic mass is 32.2. The predicted octanol–water partition coefficient (Wildman–Crippen LogP) is 1.03. The molecule has 1 aromatic carbocycles. The van der Waals surface area contributed by atoms with Crippen LogP contribution in [0, 0.1) is 0 Å². The molecule has 10 nitrogen and oxygen atoms in total. The molecule has 2 saturated heterocycles. The number of sulfone groups is 1. The van der Waals surface area contributed by atoms with Gasteiger partial charge in [-0.1, -0.05) is 35.4 Å². The first-order chi connectivity index (χ1) is 16.0. The van der Waals surface area contributed by atoms with Gasteiger partial charge in [-0.3, -0.25) is 4.79 Å². The van der Waals surface area contributed by atoms with Gasteiger partial charge >= 0.3 is 12.2 Å². The zero-order chi connectivity index (χ0) is 24.3. The van der Waals surface area contributed by atoms with Crippen LogP contribution < -0.4 is 15.6 Å². The lowest BCUT2D eigenvalue weighted by molar-refractivity contribution is -0.161. The quantitative estimate of drug-likeness (QED) is 0.639. The van der Waals surface area contributed by atoms with Crippen LogP contribution in [0.1, 0.15) is 24.3 Å². The molecule has 0 aliphatic carbocycles. The van der Waals surface area contributed by atoms with Crippen molar-refractivity contribution in [1.29, 1.82) is 0 Å². The molecular formula is C20H21F3N6O4S. The molecule has 0 saturated carbocycles. The number of alkyl halides is 3. The fourth-order valence-corrected chi connectivity index (χ4v) is 5.70. The summed E-state index contributed by atoms with van der Waals surface area (Å²) in [6, 6.07) is 6.25. The molecule has 14 heteroatoms. The molecule has 2 aromatic rings. The molecule has 0 bridgehead atoms. The van der Waals surface area contributed by atoms with Gasteiger partial charge in [-0.15, -0.1) is 5.10 Å². The van der Waals surface area contributed by atoms with Gasteiger partial charge in [0, 0.05) is 18.8 Å². The van der Waals surface area contributed by atoms with E-state index in [1.54, 1.807) is 42.2 Å². The number of rotatable bonds is 3. The number of nitrogens with one attached hydrogen (secondary N) is 2. The van der Waals surface area contributed by atoms with Crippen LogP contribution in [0.15, 0.2) is 40.4 Å². The average molecular weight is 498 g/mol. The lowest BCUT2D eigenvalue weighted by Gasteiger charge is -2.34. The summed E-state index contributed by atoms with van der Waals surface area (Å²) in [5.74, 6) is -2.11. The number of benzene rings is 1. The van der Waals surface area contributed by atoms with E-state index >= 15 is 0 Å². The highest BCUT2D eigenvalue weighted by Crippen LogP contribution is 2.42. The Hall–Kier alpha value is -3.13. The second-order valence-corrected chi connectivity index (χ2v) is 10.7. The third-order valence-electron chi connectivity index (χ3n) is 6.21. The Morgan fingerprint density at radius 2 is 1.79 bits per heavy atom. The number of fused-ring (bicyclic) bond motifs is 1. The molecule has 0 radical (unpaired) electrons. The zero-order valence-corrected chi connectivity index (χ0v) is 18.7. The number of hydrazine groups is 1. The molecule has 1 amide bonds. The van der Waals surface area contributed by atoms with Crippen molar-refractivity contribution < 1.29 is 30.8 Å². The van der Waals surface area contributed by atoms with Gasteiger partial charge in [0.15, 0.2) is 9.84 Å². The van der Waals surface area contributed by atoms with E-state index in [-0.39, 0.29) is 42.1 Å². The third-order valence-corrected chi connectivity index (χ3v) is 7.82. The maximum Gasteiger partial charge on any atom is 0.406 e. The first kappa shape index (κ1) is 22.7. The van der Waals surface area contributed by atoms with Gasteiger partial charge in [0.1, 0.15) is 17.8 Å². The number of carbonyl (C=O) groups excluding carboxylic acids is 1. The lowest BCUT2D eigenvalue weighted by Crippen LogP contribution is -2.54. The van der Waals surface area contributed by atoms with Crippen LogP contribution >= 0.6 is 0 Å². The molecule has 182 valence electrons. The standard InChI is InChI=1S/C20H21F3N6O4S/c1-11-13(17-25-26-19(33-17)28-7-9-34(31,32)10-8-28)18(30)29-16(24-11)14(12-5-3-2-4-6-12)15(27-29)20(21,22)23/h2-6,14-16,24,27H,7-10H2,1H3. The number of hydrogen-bond donors (Lipinski definition) is 2. The van der Waals surface area contributed by atoms with Gasteiger partial charge in [-0.2, -0.15) is 13.2 Å². The van der Waals surface area contributed by atoms with E-state index in [2.05, 4.69) is 20.9 Å². The van der Waals surface area contributed by atoms with E-state index in [4.69, 9.17) is 4.42 Å². The van der Waals surface area contributed by atoms with Crippen LogP contribution in [0.3, 0.4) is 0 Å². The van der Waals surface area contributed by atoms with Gasteiger partial charge in [0.05, 0.1) is 17.4 Å². The maximum atomic E-state index is 13.9. The summed E-state index contributed by atoms with van der Waals surface area (Å²) in [5.41, 5.74) is 3.00. The number of anilines is 1. The summed E-state index contributed by atoms with van der Waals surface area (Å²) >= 11 is 0. The SMILES string of the molecule is CC1=C(c2nnc(N3CCS(=O)(=O)CC3)o2)C(=O)N2NC(C(F)(F)F)C(c3ccccc3)C2N1. The largest absolute Gasteiger partial charge is 0.406 e. The minimum Gasteiger partial charge on any atom is -0.403 e. The summed E-state index contributed by atoms with van der Waals surface area (Å²) in [5, 5.41) is 11.8. The van der Waals surface area contributed by atoms with Crippen molar-refractivity contribution in [2.45, 2.75) is 31.2 Å². The van der Waals surface area contributed by atoms with Crippen molar-refractivity contribution in [2.24, 2.45) is 0 Å². The van der Waals surface area contributed by atoms with Crippen LogP contribution in [0.4, 0.5) is 19.2 Å². The second kappa shape index (κ2) is 7.98. The highest BCUT2D eigenvalue weighted by molar-refractivity contribution is 7.91. The molecule has 3 unspecified atom stereocenters. The van der Waals surface area contributed by atoms with Crippen molar-refractivity contribution in [1.82, 2.24) is 25.9 Å². The van der Waals surface area contributed by atoms with Gasteiger partial charge in [-0.05, 0) is 12.5 Å². The molecule has 3 aliphatic heterocycles. The van der Waals surface area contributed by atoms with Crippen LogP contribution in [0.25, 0.3) is 5.57 Å². The molecule has 1 aromatic heterocycles. The summed E-state index contributed by atoms with van der Waals surface area (Å²) in [7, 11) is -3.12. The Labute approximate surface area is 192 Å². The topological polar surface area (TPSA) is 121 Å². The first-order valence-electron chi connectivity index (χ1n) is 10.5. The van der Waals surface area contributed by atoms with Gasteiger partial charge < -0.3 is 14.6 Å². The van der Waals surface area contributed by atoms with E-state index in [9.17, 15) is 26.4 Å². The van der Waals surface area contributed by atoms with Crippen molar-refractivity contribution in [3.05, 3.63) is 47.5 Å². The first-order valence-corrected chi connectivity index (χ1v) is 12.4. The third kappa shape index (κ3) is 3.90. The number of allylic oxidation sites excluding steroid dienone is 1. The van der Waals surface area contributed by atoms with Crippen molar-refractivity contribution in [2.75, 3.05) is 29.5 Å². The fourth-order valence-electron chi connectivity index (χ4n) is 4.49. The van der Waals surface area contributed by atoms with Crippen LogP contribution in [-0.4, -0.2) is 72.5 Å². The smallest absolute Gasteiger partial charge is 0.403 e. The summed E-state index contributed by atoms with van der Waals surface area (Å²) < 4.78 is 70.7. The fraction of sp³-hybridized carbons (Fsp3) is 0.450. The highest BCUT2D eigenvalue weighted by Gasteiger charge is 2.58. The number of halogens is 3. The van der Waals surface area contributed by atoms with Crippen LogP contribution in [0.5, 0.6) is 0 Å². The lowest BCUT2D eigenvalue weighted by atomic mass is 9.89. The number of carbonyl (C=O) groups is 1. The Bertz CT molecular complexity index is 1230. The van der Waals surface area contributed by atoms with E-state index in [0.717, 1.165) is 5.01 Å². The summed E-state index contributed by atoms with van der Waals surface area (Å²) in [6.07, 6.45) is -5.60. The molecule has 3 aliphatic rings. The average Bonchev–Trinajstić information content (AvgIpc) is 3.40. The van der Waals surface area contributed by atoms with Crippen molar-refractivity contribution in [3.63, 3.8) is 0 Å². The Morgan fingerprint density at radius 1 is 1.12 bits per heavy atom. The minimum atomic E-state index is -4.61. The zero-order valence-electron chi connectivity index (χ0n) is 17.9. The summed E-state index contributed by atoms with van der Waals surface area (Å²) in [4.78, 5) is 14.9. The normalized spacial score (nSPS) is 27.1. The second-order valence-electron chi connectivity index (χ2n) is 8.38. The van der Waals surface area contributed by atoms with Crippen LogP contribution in [0.2, 0.25) is 0 Å². The van der Waals surface area contributed by atoms with E-state index in [1.807, 2.05) is 0 Å². The molecular weight excluding hydrogens is 477 g/mol. The minimum absolute atomic E-state index is 0.0461.